The molecule has 0 aliphatic carbocycles. The Morgan fingerprint density at radius 3 is 1.86 bits per heavy atom. The summed E-state index contributed by atoms with van der Waals surface area (Å²) in [4.78, 5) is 12.0. The number of hydrogen-bond acceptors (Lipinski definition) is 1. The van der Waals surface area contributed by atoms with Crippen molar-refractivity contribution >= 4 is 5.91 Å². The Labute approximate surface area is 130 Å². The SMILES string of the molecule is NC(=O)C(c1ccccc1)c1cccc(-c2ccccc2)c1. The van der Waals surface area contributed by atoms with Gasteiger partial charge in [-0.2, -0.15) is 0 Å². The molecule has 0 fully saturated rings. The number of nitrogens with two attached hydrogens (primary N) is 1. The van der Waals surface area contributed by atoms with Crippen molar-refractivity contribution in [1.29, 1.82) is 0 Å². The van der Waals surface area contributed by atoms with E-state index in [1.165, 1.54) is 0 Å². The fraction of sp³-hybridized carbons (Fsp3) is 0.0500. The zero-order chi connectivity index (χ0) is 15.4. The van der Waals surface area contributed by atoms with E-state index in [2.05, 4.69) is 12.1 Å². The van der Waals surface area contributed by atoms with Crippen LogP contribution < -0.4 is 5.73 Å². The summed E-state index contributed by atoms with van der Waals surface area (Å²) in [6, 6.07) is 27.8. The van der Waals surface area contributed by atoms with E-state index in [1.54, 1.807) is 0 Å². The molecule has 3 aromatic carbocycles. The van der Waals surface area contributed by atoms with Crippen LogP contribution in [0.1, 0.15) is 17.0 Å². The lowest BCUT2D eigenvalue weighted by molar-refractivity contribution is -0.118. The Morgan fingerprint density at radius 1 is 0.682 bits per heavy atom. The van der Waals surface area contributed by atoms with E-state index >= 15 is 0 Å². The van der Waals surface area contributed by atoms with Crippen LogP contribution in [-0.2, 0) is 4.79 Å². The van der Waals surface area contributed by atoms with Crippen LogP contribution in [-0.4, -0.2) is 5.91 Å². The molecule has 0 aromatic heterocycles. The van der Waals surface area contributed by atoms with Gasteiger partial charge in [0.05, 0.1) is 5.92 Å². The number of amides is 1. The van der Waals surface area contributed by atoms with Crippen molar-refractivity contribution in [3.8, 4) is 11.1 Å². The summed E-state index contributed by atoms with van der Waals surface area (Å²) in [7, 11) is 0. The molecule has 0 radical (unpaired) electrons. The van der Waals surface area contributed by atoms with Crippen molar-refractivity contribution in [2.75, 3.05) is 0 Å². The number of primary amides is 1. The summed E-state index contributed by atoms with van der Waals surface area (Å²) in [5, 5.41) is 0. The summed E-state index contributed by atoms with van der Waals surface area (Å²) in [6.45, 7) is 0. The summed E-state index contributed by atoms with van der Waals surface area (Å²) in [5.74, 6) is -0.763. The highest BCUT2D eigenvalue weighted by Crippen LogP contribution is 2.28. The quantitative estimate of drug-likeness (QED) is 0.775. The third-order valence-corrected chi connectivity index (χ3v) is 3.74. The van der Waals surface area contributed by atoms with Crippen molar-refractivity contribution < 1.29 is 4.79 Å². The molecule has 2 nitrogen and oxygen atoms in total. The van der Waals surface area contributed by atoms with Gasteiger partial charge in [-0.15, -0.1) is 0 Å². The molecule has 0 bridgehead atoms. The molecule has 0 aliphatic rings. The van der Waals surface area contributed by atoms with Gasteiger partial charge in [-0.25, -0.2) is 0 Å². The molecule has 0 aliphatic heterocycles. The van der Waals surface area contributed by atoms with Crippen LogP contribution in [0.3, 0.4) is 0 Å². The maximum absolute atomic E-state index is 12.0. The molecular formula is C20H17NO. The van der Waals surface area contributed by atoms with Gasteiger partial charge in [0.15, 0.2) is 0 Å². The first-order valence-corrected chi connectivity index (χ1v) is 7.25. The van der Waals surface area contributed by atoms with Crippen LogP contribution in [0.2, 0.25) is 0 Å². The lowest BCUT2D eigenvalue weighted by Crippen LogP contribution is -2.22. The van der Waals surface area contributed by atoms with Crippen molar-refractivity contribution in [2.45, 2.75) is 5.92 Å². The number of carbonyl (C=O) groups is 1. The van der Waals surface area contributed by atoms with Crippen LogP contribution in [0.15, 0.2) is 84.9 Å². The highest BCUT2D eigenvalue weighted by Gasteiger charge is 2.20. The zero-order valence-electron chi connectivity index (χ0n) is 12.1. The average Bonchev–Trinajstić information content (AvgIpc) is 2.57. The number of rotatable bonds is 4. The van der Waals surface area contributed by atoms with Crippen molar-refractivity contribution in [3.05, 3.63) is 96.1 Å². The molecule has 0 saturated heterocycles. The molecule has 1 unspecified atom stereocenters. The molecule has 0 spiro atoms. The average molecular weight is 287 g/mol. The van der Waals surface area contributed by atoms with Gasteiger partial charge in [0.25, 0.3) is 0 Å². The van der Waals surface area contributed by atoms with E-state index in [-0.39, 0.29) is 5.91 Å². The standard InChI is InChI=1S/C20H17NO/c21-20(22)19(16-10-5-2-6-11-16)18-13-7-12-17(14-18)15-8-3-1-4-9-15/h1-14,19H,(H2,21,22). The fourth-order valence-corrected chi connectivity index (χ4v) is 2.69. The normalized spacial score (nSPS) is 11.8. The number of benzene rings is 3. The monoisotopic (exact) mass is 287 g/mol. The van der Waals surface area contributed by atoms with E-state index < -0.39 is 5.92 Å². The molecular weight excluding hydrogens is 270 g/mol. The minimum absolute atomic E-state index is 0.337. The molecule has 22 heavy (non-hydrogen) atoms. The van der Waals surface area contributed by atoms with E-state index in [4.69, 9.17) is 5.73 Å². The predicted octanol–water partition coefficient (Wildman–Crippen LogP) is 3.97. The second kappa shape index (κ2) is 6.27. The number of carbonyl (C=O) groups excluding carboxylic acids is 1. The van der Waals surface area contributed by atoms with E-state index in [9.17, 15) is 4.79 Å². The van der Waals surface area contributed by atoms with Crippen LogP contribution in [0.25, 0.3) is 11.1 Å². The van der Waals surface area contributed by atoms with Gasteiger partial charge in [0.1, 0.15) is 0 Å². The molecule has 0 heterocycles. The van der Waals surface area contributed by atoms with Crippen molar-refractivity contribution in [2.24, 2.45) is 5.73 Å². The highest BCUT2D eigenvalue weighted by atomic mass is 16.1. The van der Waals surface area contributed by atoms with Gasteiger partial charge in [0, 0.05) is 0 Å². The Kier molecular flexibility index (Phi) is 4.01. The maximum Gasteiger partial charge on any atom is 0.229 e. The minimum atomic E-state index is -0.426. The zero-order valence-corrected chi connectivity index (χ0v) is 12.1. The lowest BCUT2D eigenvalue weighted by Gasteiger charge is -2.15. The summed E-state index contributed by atoms with van der Waals surface area (Å²) in [6.07, 6.45) is 0. The van der Waals surface area contributed by atoms with Gasteiger partial charge in [-0.05, 0) is 22.3 Å². The maximum atomic E-state index is 12.0. The Morgan fingerprint density at radius 2 is 1.23 bits per heavy atom. The van der Waals surface area contributed by atoms with Crippen LogP contribution in [0.4, 0.5) is 0 Å². The van der Waals surface area contributed by atoms with Crippen LogP contribution in [0, 0.1) is 0 Å². The van der Waals surface area contributed by atoms with Crippen molar-refractivity contribution in [3.63, 3.8) is 0 Å². The van der Waals surface area contributed by atoms with Gasteiger partial charge < -0.3 is 5.73 Å². The Hall–Kier alpha value is -2.87. The first-order valence-electron chi connectivity index (χ1n) is 7.25. The van der Waals surface area contributed by atoms with Crippen molar-refractivity contribution in [1.82, 2.24) is 0 Å². The molecule has 2 heteroatoms. The van der Waals surface area contributed by atoms with E-state index in [0.717, 1.165) is 22.3 Å². The smallest absolute Gasteiger partial charge is 0.229 e. The predicted molar refractivity (Wildman–Crippen MR) is 89.4 cm³/mol. The van der Waals surface area contributed by atoms with E-state index in [0.29, 0.717) is 0 Å². The first kappa shape index (κ1) is 14.1. The minimum Gasteiger partial charge on any atom is -0.369 e. The molecule has 108 valence electrons. The fourth-order valence-electron chi connectivity index (χ4n) is 2.69. The Balaban J connectivity index is 2.05. The summed E-state index contributed by atoms with van der Waals surface area (Å²) in [5.41, 5.74) is 9.69. The first-order chi connectivity index (χ1) is 10.8. The molecule has 1 atom stereocenters. The third kappa shape index (κ3) is 2.91. The second-order valence-corrected chi connectivity index (χ2v) is 5.24. The van der Waals surface area contributed by atoms with E-state index in [1.807, 2.05) is 72.8 Å². The lowest BCUT2D eigenvalue weighted by atomic mass is 9.89. The van der Waals surface area contributed by atoms with Crippen LogP contribution >= 0.6 is 0 Å². The highest BCUT2D eigenvalue weighted by molar-refractivity contribution is 5.86. The molecule has 3 aromatic rings. The van der Waals surface area contributed by atoms with Gasteiger partial charge in [-0.3, -0.25) is 4.79 Å². The topological polar surface area (TPSA) is 43.1 Å². The molecule has 0 saturated carbocycles. The molecule has 3 rings (SSSR count). The van der Waals surface area contributed by atoms with Gasteiger partial charge in [0.2, 0.25) is 5.91 Å². The van der Waals surface area contributed by atoms with Gasteiger partial charge in [-0.1, -0.05) is 84.9 Å². The summed E-state index contributed by atoms with van der Waals surface area (Å²) >= 11 is 0. The largest absolute Gasteiger partial charge is 0.369 e. The molecule has 1 amide bonds. The van der Waals surface area contributed by atoms with Crippen LogP contribution in [0.5, 0.6) is 0 Å². The number of hydrogen-bond donors (Lipinski definition) is 1. The van der Waals surface area contributed by atoms with Gasteiger partial charge >= 0.3 is 0 Å². The molecule has 2 N–H and O–H groups in total. The third-order valence-electron chi connectivity index (χ3n) is 3.74. The summed E-state index contributed by atoms with van der Waals surface area (Å²) < 4.78 is 0. The second-order valence-electron chi connectivity index (χ2n) is 5.24. The Bertz CT molecular complexity index is 766.